The van der Waals surface area contributed by atoms with Gasteiger partial charge < -0.3 is 4.74 Å². The minimum atomic E-state index is -1.95. The molecular formula is C6H8Cl2N2O3S. The van der Waals surface area contributed by atoms with E-state index >= 15 is 0 Å². The standard InChI is InChI=1S/C6H8Cl2N2O3S/c1-3-13-5(11)10-9-4(2)6(7,8)14(10)12/h3H2,1-2H3. The van der Waals surface area contributed by atoms with E-state index in [1.807, 2.05) is 0 Å². The molecule has 1 rings (SSSR count). The van der Waals surface area contributed by atoms with Crippen LogP contribution in [0, 0.1) is 0 Å². The van der Waals surface area contributed by atoms with Crippen LogP contribution in [0.15, 0.2) is 5.10 Å². The van der Waals surface area contributed by atoms with E-state index in [0.29, 0.717) is 4.41 Å². The molecule has 0 fully saturated rings. The Morgan fingerprint density at radius 1 is 1.71 bits per heavy atom. The first-order valence-corrected chi connectivity index (χ1v) is 5.60. The molecule has 1 atom stereocenters. The molecule has 8 heteroatoms. The molecule has 0 bridgehead atoms. The molecule has 1 aliphatic heterocycles. The van der Waals surface area contributed by atoms with Crippen molar-refractivity contribution in [2.75, 3.05) is 6.61 Å². The second-order valence-corrected chi connectivity index (χ2v) is 5.66. The van der Waals surface area contributed by atoms with Crippen molar-refractivity contribution in [2.45, 2.75) is 17.5 Å². The Hall–Kier alpha value is -0.330. The van der Waals surface area contributed by atoms with Crippen molar-refractivity contribution in [3.63, 3.8) is 0 Å². The molecule has 1 amide bonds. The van der Waals surface area contributed by atoms with Gasteiger partial charge in [0.2, 0.25) is 0 Å². The molecule has 1 aliphatic rings. The fraction of sp³-hybridized carbons (Fsp3) is 0.667. The van der Waals surface area contributed by atoms with Crippen LogP contribution in [0.4, 0.5) is 4.79 Å². The zero-order valence-corrected chi connectivity index (χ0v) is 9.82. The van der Waals surface area contributed by atoms with Gasteiger partial charge >= 0.3 is 6.09 Å². The Bertz CT molecular complexity index is 318. The number of amides is 1. The monoisotopic (exact) mass is 258 g/mol. The largest absolute Gasteiger partial charge is 0.448 e. The summed E-state index contributed by atoms with van der Waals surface area (Å²) < 4.78 is 15.1. The molecule has 0 spiro atoms. The van der Waals surface area contributed by atoms with Gasteiger partial charge in [-0.15, -0.1) is 4.41 Å². The molecule has 80 valence electrons. The summed E-state index contributed by atoms with van der Waals surface area (Å²) in [5.41, 5.74) is 0.201. The molecule has 1 heterocycles. The minimum absolute atomic E-state index is 0.165. The Labute approximate surface area is 93.6 Å². The lowest BCUT2D eigenvalue weighted by atomic mass is 10.5. The second-order valence-electron chi connectivity index (χ2n) is 2.42. The first-order valence-electron chi connectivity index (χ1n) is 3.73. The zero-order chi connectivity index (χ0) is 10.9. The van der Waals surface area contributed by atoms with Crippen LogP contribution in [-0.2, 0) is 15.7 Å². The third-order valence-corrected chi connectivity index (χ3v) is 4.08. The number of hydrogen-bond acceptors (Lipinski definition) is 4. The van der Waals surface area contributed by atoms with E-state index in [4.69, 9.17) is 23.2 Å². The molecule has 0 aromatic carbocycles. The highest BCUT2D eigenvalue weighted by atomic mass is 35.5. The fourth-order valence-corrected chi connectivity index (χ4v) is 2.12. The van der Waals surface area contributed by atoms with Crippen molar-refractivity contribution in [1.82, 2.24) is 4.41 Å². The van der Waals surface area contributed by atoms with Crippen molar-refractivity contribution in [3.05, 3.63) is 0 Å². The number of halogens is 2. The minimum Gasteiger partial charge on any atom is -0.448 e. The third-order valence-electron chi connectivity index (χ3n) is 1.46. The summed E-state index contributed by atoms with van der Waals surface area (Å²) in [5.74, 6) is 0. The van der Waals surface area contributed by atoms with Gasteiger partial charge in [0, 0.05) is 0 Å². The maximum atomic E-state index is 11.5. The van der Waals surface area contributed by atoms with E-state index in [-0.39, 0.29) is 12.3 Å². The molecule has 0 aliphatic carbocycles. The smallest absolute Gasteiger partial charge is 0.443 e. The van der Waals surface area contributed by atoms with Crippen molar-refractivity contribution in [3.8, 4) is 0 Å². The normalized spacial score (nSPS) is 24.7. The van der Waals surface area contributed by atoms with Crippen LogP contribution in [0.1, 0.15) is 13.8 Å². The number of hydrazone groups is 1. The van der Waals surface area contributed by atoms with Crippen LogP contribution >= 0.6 is 23.2 Å². The first kappa shape index (κ1) is 11.7. The van der Waals surface area contributed by atoms with E-state index < -0.39 is 20.7 Å². The number of hydrogen-bond donors (Lipinski definition) is 0. The van der Waals surface area contributed by atoms with Crippen LogP contribution in [0.2, 0.25) is 0 Å². The number of carbonyl (C=O) groups excluding carboxylic acids is 1. The lowest BCUT2D eigenvalue weighted by molar-refractivity contribution is 0.134. The molecule has 5 nitrogen and oxygen atoms in total. The average Bonchev–Trinajstić information content (AvgIpc) is 2.30. The predicted octanol–water partition coefficient (Wildman–Crippen LogP) is 1.63. The van der Waals surface area contributed by atoms with Crippen molar-refractivity contribution in [1.29, 1.82) is 0 Å². The van der Waals surface area contributed by atoms with Crippen LogP contribution < -0.4 is 0 Å². The number of alkyl halides is 2. The lowest BCUT2D eigenvalue weighted by Crippen LogP contribution is -2.33. The zero-order valence-electron chi connectivity index (χ0n) is 7.49. The van der Waals surface area contributed by atoms with Crippen molar-refractivity contribution < 1.29 is 13.7 Å². The van der Waals surface area contributed by atoms with E-state index in [1.54, 1.807) is 6.92 Å². The van der Waals surface area contributed by atoms with Crippen LogP contribution in [-0.4, -0.2) is 30.7 Å². The van der Waals surface area contributed by atoms with Gasteiger partial charge in [0.15, 0.2) is 11.0 Å². The summed E-state index contributed by atoms with van der Waals surface area (Å²) in [7, 11) is -1.95. The topological polar surface area (TPSA) is 59.0 Å². The highest BCUT2D eigenvalue weighted by Crippen LogP contribution is 2.35. The Morgan fingerprint density at radius 2 is 2.29 bits per heavy atom. The van der Waals surface area contributed by atoms with Gasteiger partial charge in [-0.3, -0.25) is 0 Å². The lowest BCUT2D eigenvalue weighted by Gasteiger charge is -2.13. The Morgan fingerprint density at radius 3 is 2.64 bits per heavy atom. The van der Waals surface area contributed by atoms with Crippen LogP contribution in [0.3, 0.4) is 0 Å². The van der Waals surface area contributed by atoms with Crippen molar-refractivity contribution >= 4 is 46.0 Å². The molecule has 0 N–H and O–H groups in total. The van der Waals surface area contributed by atoms with Gasteiger partial charge in [0.25, 0.3) is 3.67 Å². The van der Waals surface area contributed by atoms with Gasteiger partial charge in [-0.1, -0.05) is 23.2 Å². The fourth-order valence-electron chi connectivity index (χ4n) is 0.754. The Balaban J connectivity index is 2.87. The first-order chi connectivity index (χ1) is 6.41. The van der Waals surface area contributed by atoms with Crippen LogP contribution in [0.5, 0.6) is 0 Å². The quantitative estimate of drug-likeness (QED) is 0.672. The molecule has 14 heavy (non-hydrogen) atoms. The van der Waals surface area contributed by atoms with Crippen molar-refractivity contribution in [2.24, 2.45) is 5.10 Å². The number of carbonyl (C=O) groups is 1. The molecule has 0 radical (unpaired) electrons. The van der Waals surface area contributed by atoms with E-state index in [2.05, 4.69) is 9.84 Å². The summed E-state index contributed by atoms with van der Waals surface area (Å²) in [5, 5.41) is 3.65. The maximum absolute atomic E-state index is 11.5. The van der Waals surface area contributed by atoms with Gasteiger partial charge in [-0.2, -0.15) is 5.10 Å². The van der Waals surface area contributed by atoms with E-state index in [9.17, 15) is 9.00 Å². The molecule has 0 saturated heterocycles. The average molecular weight is 259 g/mol. The molecular weight excluding hydrogens is 251 g/mol. The van der Waals surface area contributed by atoms with E-state index in [0.717, 1.165) is 0 Å². The number of rotatable bonds is 1. The summed E-state index contributed by atoms with van der Waals surface area (Å²) in [6.07, 6.45) is -0.826. The molecule has 0 aromatic heterocycles. The third kappa shape index (κ3) is 1.87. The van der Waals surface area contributed by atoms with Gasteiger partial charge in [-0.05, 0) is 13.8 Å². The maximum Gasteiger partial charge on any atom is 0.443 e. The summed E-state index contributed by atoms with van der Waals surface area (Å²) in [6.45, 7) is 3.28. The highest BCUT2D eigenvalue weighted by Gasteiger charge is 2.48. The SMILES string of the molecule is CCOC(=O)N1N=C(C)C(Cl)(Cl)S1=O. The molecule has 0 aromatic rings. The number of ether oxygens (including phenoxy) is 1. The predicted molar refractivity (Wildman–Crippen MR) is 54.5 cm³/mol. The van der Waals surface area contributed by atoms with E-state index in [1.165, 1.54) is 6.92 Å². The molecule has 1 unspecified atom stereocenters. The highest BCUT2D eigenvalue weighted by molar-refractivity contribution is 7.89. The summed E-state index contributed by atoms with van der Waals surface area (Å²) in [6, 6.07) is 0. The van der Waals surface area contributed by atoms with Gasteiger partial charge in [0.1, 0.15) is 0 Å². The Kier molecular flexibility index (Phi) is 3.39. The second kappa shape index (κ2) is 4.04. The number of nitrogens with zero attached hydrogens (tertiary/aromatic N) is 2. The molecule has 0 saturated carbocycles. The summed E-state index contributed by atoms with van der Waals surface area (Å²) >= 11 is 11.4. The van der Waals surface area contributed by atoms with Gasteiger partial charge in [0.05, 0.1) is 12.3 Å². The van der Waals surface area contributed by atoms with Crippen LogP contribution in [0.25, 0.3) is 0 Å². The summed E-state index contributed by atoms with van der Waals surface area (Å²) in [4.78, 5) is 11.2. The van der Waals surface area contributed by atoms with Gasteiger partial charge in [-0.25, -0.2) is 9.00 Å².